The number of nitriles is 2. The molecule has 0 saturated heterocycles. The predicted octanol–water partition coefficient (Wildman–Crippen LogP) is 4.94. The lowest BCUT2D eigenvalue weighted by atomic mass is 9.92. The molecule has 0 aromatic carbocycles. The third-order valence-corrected chi connectivity index (χ3v) is 10.7. The number of amides is 4. The van der Waals surface area contributed by atoms with Crippen LogP contribution < -0.4 is 21.3 Å². The number of hydrogen-bond acceptors (Lipinski definition) is 18. The number of carbonyl (C=O) groups is 4. The van der Waals surface area contributed by atoms with Gasteiger partial charge in [-0.15, -0.1) is 0 Å². The van der Waals surface area contributed by atoms with Crippen molar-refractivity contribution in [3.63, 3.8) is 0 Å². The van der Waals surface area contributed by atoms with E-state index < -0.39 is 10.8 Å². The lowest BCUT2D eigenvalue weighted by Crippen LogP contribution is -2.43. The topological polar surface area (TPSA) is 299 Å². The molecule has 4 rings (SSSR count). The van der Waals surface area contributed by atoms with Crippen molar-refractivity contribution in [3.8, 4) is 12.1 Å². The average Bonchev–Trinajstić information content (AvgIpc) is 4.33. The first-order chi connectivity index (χ1) is 38.1. The second kappa shape index (κ2) is 41.8. The minimum atomic E-state index is -0.926. The van der Waals surface area contributed by atoms with Crippen LogP contribution in [0.4, 0.5) is 0 Å². The van der Waals surface area contributed by atoms with E-state index in [4.69, 9.17) is 79.2 Å². The van der Waals surface area contributed by atoms with Gasteiger partial charge in [0.15, 0.2) is 0 Å². The van der Waals surface area contributed by atoms with E-state index in [1.807, 2.05) is 12.1 Å². The van der Waals surface area contributed by atoms with Gasteiger partial charge in [0.25, 0.3) is 0 Å². The number of ether oxygens (including phenoxy) is 8. The van der Waals surface area contributed by atoms with Crippen molar-refractivity contribution in [3.05, 3.63) is 119 Å². The Kier molecular flexibility index (Phi) is 34.8. The van der Waals surface area contributed by atoms with Gasteiger partial charge in [-0.1, -0.05) is 0 Å². The third kappa shape index (κ3) is 31.0. The highest BCUT2D eigenvalue weighted by Crippen LogP contribution is 2.23. The zero-order chi connectivity index (χ0) is 56.0. The maximum Gasteiger partial charge on any atom is 0.237 e. The molecule has 0 bridgehead atoms. The number of carbonyl (C=O) groups excluding carboxylic acids is 4. The van der Waals surface area contributed by atoms with Crippen LogP contribution in [0.5, 0.6) is 0 Å². The van der Waals surface area contributed by atoms with Crippen molar-refractivity contribution >= 4 is 23.6 Å². The Hall–Kier alpha value is -7.36. The number of furan rings is 4. The molecule has 0 aliphatic rings. The van der Waals surface area contributed by atoms with Crippen LogP contribution in [0.25, 0.3) is 9.69 Å². The maximum atomic E-state index is 12.4. The first-order valence-electron chi connectivity index (χ1n) is 25.3. The minimum Gasteiger partial charge on any atom is -0.467 e. The van der Waals surface area contributed by atoms with E-state index in [0.29, 0.717) is 49.5 Å². The van der Waals surface area contributed by atoms with Crippen LogP contribution in [0.1, 0.15) is 61.6 Å². The summed E-state index contributed by atoms with van der Waals surface area (Å²) >= 11 is 0. The van der Waals surface area contributed by atoms with Crippen molar-refractivity contribution in [2.24, 2.45) is 10.8 Å². The number of nitrogens with zero attached hydrogens (tertiary/aromatic N) is 4. The van der Waals surface area contributed by atoms with Crippen molar-refractivity contribution < 1.29 is 74.7 Å². The Balaban J connectivity index is 0.000000539. The standard InChI is InChI=1S/C37H48N4O12.C17H24N4O4/c42-33(38-21-29-5-1-13-50-29)9-17-46-25-37(26-47-18-10-34(43)39-22-30-6-2-14-51-30,27-48-19-11-35(44)40-23-31-7-3-15-52-31)28-49-20-12-36(45)41-24-32-8-4-16-53-32;1-20-7-11-24-15-17(13-22-9-3-5-18,14-23-10-4-6-19)16-25-12-8-21-2/h1-8,13-16H,9-12,17-28H2,(H,38,42)(H,39,43)(H,40,44)(H,41,45);3-4,7-16H2. The molecule has 0 spiro atoms. The van der Waals surface area contributed by atoms with Crippen LogP contribution in [0.2, 0.25) is 0 Å². The molecule has 424 valence electrons. The van der Waals surface area contributed by atoms with Crippen molar-refractivity contribution in [2.45, 2.75) is 64.7 Å². The number of rotatable bonds is 44. The minimum absolute atomic E-state index is 0.0541. The summed E-state index contributed by atoms with van der Waals surface area (Å²) in [7, 11) is 0. The fraction of sp³-hybridized carbons (Fsp3) is 0.556. The maximum absolute atomic E-state index is 12.4. The Morgan fingerprint density at radius 1 is 0.423 bits per heavy atom. The normalized spacial score (nSPS) is 11.0. The van der Waals surface area contributed by atoms with Crippen LogP contribution in [0.3, 0.4) is 0 Å². The number of hydrogen-bond donors (Lipinski definition) is 4. The van der Waals surface area contributed by atoms with E-state index in [1.54, 1.807) is 48.5 Å². The Labute approximate surface area is 454 Å². The monoisotopic (exact) mass is 1090 g/mol. The van der Waals surface area contributed by atoms with Gasteiger partial charge in [0.1, 0.15) is 36.3 Å². The highest BCUT2D eigenvalue weighted by molar-refractivity contribution is 5.77. The Morgan fingerprint density at radius 2 is 0.667 bits per heavy atom. The molecule has 0 unspecified atom stereocenters. The molecule has 0 saturated carbocycles. The zero-order valence-corrected chi connectivity index (χ0v) is 44.0. The highest BCUT2D eigenvalue weighted by Gasteiger charge is 2.34. The molecule has 4 N–H and O–H groups in total. The van der Waals surface area contributed by atoms with Crippen LogP contribution in [0, 0.1) is 46.6 Å². The van der Waals surface area contributed by atoms with Crippen molar-refractivity contribution in [1.29, 1.82) is 10.5 Å². The van der Waals surface area contributed by atoms with Gasteiger partial charge >= 0.3 is 0 Å². The van der Waals surface area contributed by atoms with Gasteiger partial charge in [0, 0.05) is 25.7 Å². The van der Waals surface area contributed by atoms with E-state index in [2.05, 4.69) is 31.0 Å². The van der Waals surface area contributed by atoms with E-state index in [9.17, 15) is 19.2 Å². The molecular formula is C54H72N8O16. The summed E-state index contributed by atoms with van der Waals surface area (Å²) in [6.07, 6.45) is 7.03. The van der Waals surface area contributed by atoms with Crippen molar-refractivity contribution in [2.75, 3.05) is 119 Å². The van der Waals surface area contributed by atoms with Gasteiger partial charge in [0.2, 0.25) is 36.7 Å². The lowest BCUT2D eigenvalue weighted by Gasteiger charge is -2.33. The molecule has 0 atom stereocenters. The molecule has 4 aromatic heterocycles. The second-order valence-electron chi connectivity index (χ2n) is 17.4. The second-order valence-corrected chi connectivity index (χ2v) is 17.4. The van der Waals surface area contributed by atoms with E-state index in [-0.39, 0.29) is 181 Å². The van der Waals surface area contributed by atoms with Crippen LogP contribution >= 0.6 is 0 Å². The molecule has 0 fully saturated rings. The molecule has 24 nitrogen and oxygen atoms in total. The van der Waals surface area contributed by atoms with Gasteiger partial charge in [-0.2, -0.15) is 10.5 Å². The fourth-order valence-corrected chi connectivity index (χ4v) is 6.67. The third-order valence-electron chi connectivity index (χ3n) is 10.7. The average molecular weight is 1090 g/mol. The first-order valence-corrected chi connectivity index (χ1v) is 25.3. The Morgan fingerprint density at radius 3 is 0.885 bits per heavy atom. The predicted molar refractivity (Wildman–Crippen MR) is 276 cm³/mol. The van der Waals surface area contributed by atoms with Gasteiger partial charge in [-0.3, -0.25) is 19.2 Å². The summed E-state index contributed by atoms with van der Waals surface area (Å²) in [5.41, 5.74) is -1.54. The lowest BCUT2D eigenvalue weighted by molar-refractivity contribution is -0.129. The largest absolute Gasteiger partial charge is 0.467 e. The molecule has 4 aromatic rings. The molecule has 0 radical (unpaired) electrons. The molecule has 78 heavy (non-hydrogen) atoms. The van der Waals surface area contributed by atoms with Gasteiger partial charge < -0.3 is 86.5 Å². The van der Waals surface area contributed by atoms with E-state index in [1.165, 1.54) is 25.1 Å². The summed E-state index contributed by atoms with van der Waals surface area (Å²) in [5, 5.41) is 28.3. The van der Waals surface area contributed by atoms with Gasteiger partial charge in [0.05, 0.1) is 180 Å². The molecule has 0 aliphatic heterocycles. The number of nitrogens with one attached hydrogen (secondary N) is 4. The summed E-state index contributed by atoms with van der Waals surface area (Å²) in [6, 6.07) is 18.0. The quantitative estimate of drug-likeness (QED) is 0.0337. The van der Waals surface area contributed by atoms with Crippen LogP contribution in [0.15, 0.2) is 91.3 Å². The molecule has 0 aliphatic carbocycles. The molecule has 24 heteroatoms. The molecular weight excluding hydrogens is 1020 g/mol. The highest BCUT2D eigenvalue weighted by atomic mass is 16.5. The van der Waals surface area contributed by atoms with Crippen molar-refractivity contribution in [1.82, 2.24) is 21.3 Å². The summed E-state index contributed by atoms with van der Waals surface area (Å²) in [4.78, 5) is 56.2. The smallest absolute Gasteiger partial charge is 0.237 e. The van der Waals surface area contributed by atoms with E-state index in [0.717, 1.165) is 0 Å². The van der Waals surface area contributed by atoms with E-state index >= 15 is 0 Å². The van der Waals surface area contributed by atoms with Gasteiger partial charge in [-0.25, -0.2) is 13.1 Å². The molecule has 4 heterocycles. The first kappa shape index (κ1) is 64.9. The van der Waals surface area contributed by atoms with Crippen LogP contribution in [-0.4, -0.2) is 142 Å². The summed E-state index contributed by atoms with van der Waals surface area (Å²) in [5.74, 6) is 1.62. The Bertz CT molecular complexity index is 2020. The van der Waals surface area contributed by atoms with Crippen LogP contribution in [-0.2, 0) is 83.3 Å². The summed E-state index contributed by atoms with van der Waals surface area (Å²) in [6.45, 7) is 17.9. The molecule has 4 amide bonds. The zero-order valence-electron chi connectivity index (χ0n) is 44.0. The fourth-order valence-electron chi connectivity index (χ4n) is 6.67. The summed E-state index contributed by atoms with van der Waals surface area (Å²) < 4.78 is 67.2. The van der Waals surface area contributed by atoms with Gasteiger partial charge in [-0.05, 0) is 48.5 Å². The SMILES string of the molecule is O=C(CCOCC(COCCC(=O)NCc1ccco1)(COCCC(=O)NCc1ccco1)COCCC(=O)NCc1ccco1)NCc1ccco1.[C-]#[N+]CCOCC(COCCC#N)(COCCC#N)COCC[N+]#[C-].